The van der Waals surface area contributed by atoms with E-state index in [4.69, 9.17) is 0 Å². The van der Waals surface area contributed by atoms with Crippen molar-refractivity contribution in [1.29, 1.82) is 0 Å². The van der Waals surface area contributed by atoms with E-state index in [0.29, 0.717) is 0 Å². The van der Waals surface area contributed by atoms with Crippen molar-refractivity contribution >= 4 is 37.5 Å². The van der Waals surface area contributed by atoms with Crippen LogP contribution in [0.3, 0.4) is 0 Å². The quantitative estimate of drug-likeness (QED) is 0.116. The second kappa shape index (κ2) is 11.5. The second-order valence-corrected chi connectivity index (χ2v) is 9.37. The number of fused-ring (bicyclic) bond motifs is 2. The molecule has 0 aliphatic rings. The highest BCUT2D eigenvalue weighted by Gasteiger charge is 2.14. The predicted molar refractivity (Wildman–Crippen MR) is 141 cm³/mol. The lowest BCUT2D eigenvalue weighted by Crippen LogP contribution is -1.94. The van der Waals surface area contributed by atoms with Crippen LogP contribution in [0.15, 0.2) is 78.9 Å². The average molecular weight is 473 g/mol. The van der Waals surface area contributed by atoms with Gasteiger partial charge in [-0.15, -0.1) is 0 Å². The van der Waals surface area contributed by atoms with E-state index in [2.05, 4.69) is 94.8 Å². The van der Waals surface area contributed by atoms with Gasteiger partial charge in [-0.25, -0.2) is 0 Å². The fraction of sp³-hybridized carbons (Fsp3) is 0.333. The third-order valence-corrected chi connectivity index (χ3v) is 6.98. The Bertz CT molecular complexity index is 1040. The van der Waals surface area contributed by atoms with E-state index in [1.54, 1.807) is 0 Å². The molecule has 0 heterocycles. The number of benzene rings is 4. The lowest BCUT2D eigenvalue weighted by molar-refractivity contribution is 0.577. The van der Waals surface area contributed by atoms with Gasteiger partial charge in [-0.3, -0.25) is 0 Å². The molecule has 0 atom stereocenters. The molecule has 0 aliphatic carbocycles. The summed E-state index contributed by atoms with van der Waals surface area (Å²) < 4.78 is 0. The first-order valence-corrected chi connectivity index (χ1v) is 13.1. The highest BCUT2D eigenvalue weighted by Crippen LogP contribution is 2.39. The van der Waals surface area contributed by atoms with Crippen LogP contribution < -0.4 is 0 Å². The number of hydrogen-bond donors (Lipinski definition) is 0. The Balaban J connectivity index is 1.57. The minimum absolute atomic E-state index is 1.15. The smallest absolute Gasteiger partial charge is 0.00313 e. The van der Waals surface area contributed by atoms with Crippen molar-refractivity contribution in [1.82, 2.24) is 0 Å². The van der Waals surface area contributed by atoms with Gasteiger partial charge in [0.05, 0.1) is 0 Å². The highest BCUT2D eigenvalue weighted by atomic mass is 79.9. The van der Waals surface area contributed by atoms with Crippen LogP contribution in [0.1, 0.15) is 56.9 Å². The van der Waals surface area contributed by atoms with Crippen LogP contribution in [0.25, 0.3) is 32.7 Å². The van der Waals surface area contributed by atoms with Crippen molar-refractivity contribution in [2.45, 2.75) is 57.8 Å². The molecular weight excluding hydrogens is 440 g/mol. The van der Waals surface area contributed by atoms with Crippen LogP contribution in [-0.4, -0.2) is 5.33 Å². The standard InChI is InChI=1S/C30H33Br/c31-23-15-6-4-2-1-3-5-10-18-25-26-19-11-13-21-28(26)30(24-16-8-7-9-17-24)29-22-14-12-20-27(25)29/h7-9,11-14,16-17,19-22H,1-6,10,15,18,23H2. The average Bonchev–Trinajstić information content (AvgIpc) is 2.83. The Morgan fingerprint density at radius 2 is 0.903 bits per heavy atom. The number of unbranched alkanes of at least 4 members (excludes halogenated alkanes) is 7. The summed E-state index contributed by atoms with van der Waals surface area (Å²) in [5, 5.41) is 6.77. The zero-order valence-corrected chi connectivity index (χ0v) is 20.0. The van der Waals surface area contributed by atoms with Crippen molar-refractivity contribution < 1.29 is 0 Å². The SMILES string of the molecule is BrCCCCCCCCCCc1c2ccccc2c(-c2ccccc2)c2ccccc12. The molecule has 0 spiro atoms. The Morgan fingerprint density at radius 1 is 0.452 bits per heavy atom. The molecule has 31 heavy (non-hydrogen) atoms. The van der Waals surface area contributed by atoms with Gasteiger partial charge in [0.1, 0.15) is 0 Å². The molecular formula is C30H33Br. The van der Waals surface area contributed by atoms with Crippen LogP contribution in [0, 0.1) is 0 Å². The first-order valence-electron chi connectivity index (χ1n) is 11.9. The van der Waals surface area contributed by atoms with E-state index in [1.165, 1.54) is 96.0 Å². The maximum Gasteiger partial charge on any atom is 0.00313 e. The molecule has 4 rings (SSSR count). The normalized spacial score (nSPS) is 11.4. The van der Waals surface area contributed by atoms with Crippen molar-refractivity contribution in [3.63, 3.8) is 0 Å². The third-order valence-electron chi connectivity index (χ3n) is 6.42. The Kier molecular flexibility index (Phi) is 8.18. The molecule has 160 valence electrons. The Morgan fingerprint density at radius 3 is 1.45 bits per heavy atom. The van der Waals surface area contributed by atoms with Gasteiger partial charge >= 0.3 is 0 Å². The summed E-state index contributed by atoms with van der Waals surface area (Å²) in [5.41, 5.74) is 4.21. The van der Waals surface area contributed by atoms with Crippen LogP contribution in [0.2, 0.25) is 0 Å². The van der Waals surface area contributed by atoms with Crippen LogP contribution >= 0.6 is 15.9 Å². The number of hydrogen-bond acceptors (Lipinski definition) is 0. The molecule has 0 aliphatic heterocycles. The van der Waals surface area contributed by atoms with Crippen molar-refractivity contribution in [3.8, 4) is 11.1 Å². The van der Waals surface area contributed by atoms with Crippen molar-refractivity contribution in [2.75, 3.05) is 5.33 Å². The number of rotatable bonds is 11. The van der Waals surface area contributed by atoms with Gasteiger partial charge in [-0.1, -0.05) is 133 Å². The molecule has 0 amide bonds. The van der Waals surface area contributed by atoms with Crippen LogP contribution in [-0.2, 0) is 6.42 Å². The topological polar surface area (TPSA) is 0 Å². The number of alkyl halides is 1. The van der Waals surface area contributed by atoms with Gasteiger partial charge in [0.2, 0.25) is 0 Å². The fourth-order valence-corrected chi connectivity index (χ4v) is 5.26. The third kappa shape index (κ3) is 5.39. The van der Waals surface area contributed by atoms with E-state index < -0.39 is 0 Å². The van der Waals surface area contributed by atoms with E-state index in [0.717, 1.165) is 5.33 Å². The molecule has 0 fully saturated rings. The molecule has 0 saturated carbocycles. The molecule has 0 saturated heterocycles. The van der Waals surface area contributed by atoms with E-state index >= 15 is 0 Å². The zero-order valence-electron chi connectivity index (χ0n) is 18.5. The molecule has 4 aromatic carbocycles. The zero-order chi connectivity index (χ0) is 21.3. The number of halogens is 1. The van der Waals surface area contributed by atoms with E-state index in [9.17, 15) is 0 Å². The molecule has 0 N–H and O–H groups in total. The summed E-state index contributed by atoms with van der Waals surface area (Å²) in [6.07, 6.45) is 12.0. The second-order valence-electron chi connectivity index (χ2n) is 8.58. The summed E-state index contributed by atoms with van der Waals surface area (Å²) in [7, 11) is 0. The first kappa shape index (κ1) is 22.1. The van der Waals surface area contributed by atoms with E-state index in [1.807, 2.05) is 0 Å². The first-order chi connectivity index (χ1) is 15.4. The van der Waals surface area contributed by atoms with Gasteiger partial charge in [-0.2, -0.15) is 0 Å². The summed E-state index contributed by atoms with van der Waals surface area (Å²) in [4.78, 5) is 0. The number of aryl methyl sites for hydroxylation is 1. The van der Waals surface area contributed by atoms with Gasteiger partial charge in [0.25, 0.3) is 0 Å². The highest BCUT2D eigenvalue weighted by molar-refractivity contribution is 9.09. The lowest BCUT2D eigenvalue weighted by Gasteiger charge is -2.17. The largest absolute Gasteiger partial charge is 0.0928 e. The predicted octanol–water partition coefficient (Wildman–Crippen LogP) is 9.72. The summed E-state index contributed by atoms with van der Waals surface area (Å²) in [6, 6.07) is 28.9. The maximum absolute atomic E-state index is 3.53. The van der Waals surface area contributed by atoms with Gasteiger partial charge in [-0.05, 0) is 57.5 Å². The molecule has 0 bridgehead atoms. The van der Waals surface area contributed by atoms with Gasteiger partial charge < -0.3 is 0 Å². The fourth-order valence-electron chi connectivity index (χ4n) is 4.86. The van der Waals surface area contributed by atoms with Gasteiger partial charge in [0, 0.05) is 5.33 Å². The Hall–Kier alpha value is -2.12. The van der Waals surface area contributed by atoms with Gasteiger partial charge in [0.15, 0.2) is 0 Å². The van der Waals surface area contributed by atoms with Crippen molar-refractivity contribution in [3.05, 3.63) is 84.4 Å². The van der Waals surface area contributed by atoms with E-state index in [-0.39, 0.29) is 0 Å². The minimum atomic E-state index is 1.15. The summed E-state index contributed by atoms with van der Waals surface area (Å²) in [6.45, 7) is 0. The summed E-state index contributed by atoms with van der Waals surface area (Å²) in [5.74, 6) is 0. The lowest BCUT2D eigenvalue weighted by atomic mass is 9.87. The van der Waals surface area contributed by atoms with Crippen molar-refractivity contribution in [2.24, 2.45) is 0 Å². The molecule has 0 aromatic heterocycles. The molecule has 0 nitrogen and oxygen atoms in total. The summed E-state index contributed by atoms with van der Waals surface area (Å²) >= 11 is 3.53. The minimum Gasteiger partial charge on any atom is -0.0928 e. The molecule has 1 heteroatoms. The van der Waals surface area contributed by atoms with Crippen LogP contribution in [0.4, 0.5) is 0 Å². The molecule has 4 aromatic rings. The Labute approximate surface area is 195 Å². The molecule has 0 unspecified atom stereocenters. The monoisotopic (exact) mass is 472 g/mol. The molecule has 0 radical (unpaired) electrons. The maximum atomic E-state index is 3.53. The van der Waals surface area contributed by atoms with Crippen LogP contribution in [0.5, 0.6) is 0 Å².